The summed E-state index contributed by atoms with van der Waals surface area (Å²) >= 11 is 0. The molecule has 0 aliphatic heterocycles. The van der Waals surface area contributed by atoms with E-state index in [9.17, 15) is 0 Å². The van der Waals surface area contributed by atoms with Gasteiger partial charge < -0.3 is 4.84 Å². The molecular weight excluding hydrogens is 114 g/mol. The second kappa shape index (κ2) is 3.18. The van der Waals surface area contributed by atoms with Crippen LogP contribution in [0.3, 0.4) is 0 Å². The highest BCUT2D eigenvalue weighted by atomic mass is 16.7. The lowest BCUT2D eigenvalue weighted by Crippen LogP contribution is -2.27. The van der Waals surface area contributed by atoms with Gasteiger partial charge >= 0.3 is 0 Å². The average Bonchev–Trinajstić information content (AvgIpc) is 2.37. The summed E-state index contributed by atoms with van der Waals surface area (Å²) in [5.74, 6) is 0. The van der Waals surface area contributed by atoms with Crippen molar-refractivity contribution in [2.45, 2.75) is 31.7 Å². The van der Waals surface area contributed by atoms with Gasteiger partial charge in [0.25, 0.3) is 0 Å². The first-order valence-electron chi connectivity index (χ1n) is 3.61. The van der Waals surface area contributed by atoms with Crippen molar-refractivity contribution in [2.75, 3.05) is 14.2 Å². The van der Waals surface area contributed by atoms with Gasteiger partial charge in [-0.15, -0.1) is 0 Å². The summed E-state index contributed by atoms with van der Waals surface area (Å²) < 4.78 is 0. The largest absolute Gasteiger partial charge is 0.302 e. The maximum atomic E-state index is 5.07. The van der Waals surface area contributed by atoms with E-state index in [-0.39, 0.29) is 0 Å². The Morgan fingerprint density at radius 2 is 1.89 bits per heavy atom. The van der Waals surface area contributed by atoms with Crippen LogP contribution >= 0.6 is 0 Å². The fourth-order valence-electron chi connectivity index (χ4n) is 1.42. The van der Waals surface area contributed by atoms with Gasteiger partial charge in [-0.3, -0.25) is 0 Å². The van der Waals surface area contributed by atoms with E-state index in [4.69, 9.17) is 4.84 Å². The molecule has 0 spiro atoms. The molecule has 0 aromatic carbocycles. The van der Waals surface area contributed by atoms with Gasteiger partial charge in [-0.25, -0.2) is 0 Å². The van der Waals surface area contributed by atoms with Crippen LogP contribution in [0.15, 0.2) is 0 Å². The first-order valence-corrected chi connectivity index (χ1v) is 3.61. The van der Waals surface area contributed by atoms with Crippen molar-refractivity contribution in [3.05, 3.63) is 0 Å². The van der Waals surface area contributed by atoms with Gasteiger partial charge in [-0.2, -0.15) is 5.06 Å². The van der Waals surface area contributed by atoms with Crippen LogP contribution in [0.5, 0.6) is 0 Å². The molecule has 0 heterocycles. The summed E-state index contributed by atoms with van der Waals surface area (Å²) in [4.78, 5) is 5.07. The van der Waals surface area contributed by atoms with Gasteiger partial charge in [-0.1, -0.05) is 12.8 Å². The SMILES string of the molecule is CON(C)C1CCCC1. The average molecular weight is 129 g/mol. The van der Waals surface area contributed by atoms with E-state index in [1.807, 2.05) is 12.1 Å². The minimum atomic E-state index is 0.690. The smallest absolute Gasteiger partial charge is 0.0575 e. The van der Waals surface area contributed by atoms with Crippen molar-refractivity contribution in [3.8, 4) is 0 Å². The lowest BCUT2D eigenvalue weighted by molar-refractivity contribution is -0.138. The molecule has 0 N–H and O–H groups in total. The van der Waals surface area contributed by atoms with Crippen molar-refractivity contribution in [3.63, 3.8) is 0 Å². The topological polar surface area (TPSA) is 12.5 Å². The lowest BCUT2D eigenvalue weighted by Gasteiger charge is -2.20. The minimum absolute atomic E-state index is 0.690. The van der Waals surface area contributed by atoms with Crippen molar-refractivity contribution in [1.82, 2.24) is 5.06 Å². The molecule has 9 heavy (non-hydrogen) atoms. The molecule has 0 unspecified atom stereocenters. The Hall–Kier alpha value is -0.0800. The zero-order chi connectivity index (χ0) is 6.69. The van der Waals surface area contributed by atoms with E-state index in [1.165, 1.54) is 25.7 Å². The van der Waals surface area contributed by atoms with Crippen molar-refractivity contribution < 1.29 is 4.84 Å². The molecular formula is C7H15NO. The molecule has 1 aliphatic rings. The number of hydrogen-bond acceptors (Lipinski definition) is 2. The Labute approximate surface area is 56.8 Å². The Morgan fingerprint density at radius 1 is 1.33 bits per heavy atom. The van der Waals surface area contributed by atoms with E-state index in [1.54, 1.807) is 7.11 Å². The third-order valence-electron chi connectivity index (χ3n) is 2.13. The van der Waals surface area contributed by atoms with E-state index < -0.39 is 0 Å². The summed E-state index contributed by atoms with van der Waals surface area (Å²) in [7, 11) is 3.74. The number of nitrogens with zero attached hydrogens (tertiary/aromatic N) is 1. The van der Waals surface area contributed by atoms with Crippen LogP contribution in [0.25, 0.3) is 0 Å². The van der Waals surface area contributed by atoms with E-state index in [0.717, 1.165) is 0 Å². The van der Waals surface area contributed by atoms with Gasteiger partial charge in [-0.05, 0) is 12.8 Å². The molecule has 0 aromatic rings. The van der Waals surface area contributed by atoms with Crippen LogP contribution < -0.4 is 0 Å². The Kier molecular flexibility index (Phi) is 2.49. The first kappa shape index (κ1) is 7.03. The number of hydroxylamine groups is 2. The molecule has 54 valence electrons. The standard InChI is InChI=1S/C7H15NO/c1-8(9-2)7-5-3-4-6-7/h7H,3-6H2,1-2H3. The summed E-state index contributed by atoms with van der Waals surface area (Å²) in [5.41, 5.74) is 0. The first-order chi connectivity index (χ1) is 4.34. The molecule has 0 bridgehead atoms. The highest BCUT2D eigenvalue weighted by Crippen LogP contribution is 2.21. The molecule has 2 heteroatoms. The fourth-order valence-corrected chi connectivity index (χ4v) is 1.42. The summed E-state index contributed by atoms with van der Waals surface area (Å²) in [6.07, 6.45) is 5.37. The summed E-state index contributed by atoms with van der Waals surface area (Å²) in [5, 5.41) is 1.97. The van der Waals surface area contributed by atoms with Crippen molar-refractivity contribution in [1.29, 1.82) is 0 Å². The summed E-state index contributed by atoms with van der Waals surface area (Å²) in [6.45, 7) is 0. The molecule has 1 aliphatic carbocycles. The maximum Gasteiger partial charge on any atom is 0.0575 e. The second-order valence-electron chi connectivity index (χ2n) is 2.67. The van der Waals surface area contributed by atoms with Crippen molar-refractivity contribution in [2.24, 2.45) is 0 Å². The van der Waals surface area contributed by atoms with Gasteiger partial charge in [0.2, 0.25) is 0 Å². The minimum Gasteiger partial charge on any atom is -0.302 e. The van der Waals surface area contributed by atoms with Crippen LogP contribution in [-0.2, 0) is 4.84 Å². The number of hydrogen-bond donors (Lipinski definition) is 0. The zero-order valence-electron chi connectivity index (χ0n) is 6.26. The molecule has 0 saturated heterocycles. The quantitative estimate of drug-likeness (QED) is 0.523. The Bertz CT molecular complexity index is 79.0. The van der Waals surface area contributed by atoms with Crippen LogP contribution in [0.1, 0.15) is 25.7 Å². The van der Waals surface area contributed by atoms with E-state index >= 15 is 0 Å². The molecule has 1 rings (SSSR count). The molecule has 0 amide bonds. The van der Waals surface area contributed by atoms with Crippen molar-refractivity contribution >= 4 is 0 Å². The highest BCUT2D eigenvalue weighted by Gasteiger charge is 2.18. The maximum absolute atomic E-state index is 5.07. The molecule has 1 fully saturated rings. The second-order valence-corrected chi connectivity index (χ2v) is 2.67. The predicted octanol–water partition coefficient (Wildman–Crippen LogP) is 1.42. The van der Waals surface area contributed by atoms with Gasteiger partial charge in [0.1, 0.15) is 0 Å². The normalized spacial score (nSPS) is 21.7. The Balaban J connectivity index is 2.24. The number of rotatable bonds is 2. The molecule has 1 saturated carbocycles. The van der Waals surface area contributed by atoms with E-state index in [0.29, 0.717) is 6.04 Å². The zero-order valence-corrected chi connectivity index (χ0v) is 6.26. The van der Waals surface area contributed by atoms with Gasteiger partial charge in [0.05, 0.1) is 7.11 Å². The third-order valence-corrected chi connectivity index (χ3v) is 2.13. The lowest BCUT2D eigenvalue weighted by atomic mass is 10.2. The molecule has 0 radical (unpaired) electrons. The van der Waals surface area contributed by atoms with Crippen LogP contribution in [-0.4, -0.2) is 25.3 Å². The predicted molar refractivity (Wildman–Crippen MR) is 37.0 cm³/mol. The van der Waals surface area contributed by atoms with Crippen LogP contribution in [0.4, 0.5) is 0 Å². The highest BCUT2D eigenvalue weighted by molar-refractivity contribution is 4.70. The van der Waals surface area contributed by atoms with Crippen LogP contribution in [0.2, 0.25) is 0 Å². The third kappa shape index (κ3) is 1.66. The molecule has 2 nitrogen and oxygen atoms in total. The summed E-state index contributed by atoms with van der Waals surface area (Å²) in [6, 6.07) is 0.690. The Morgan fingerprint density at radius 3 is 2.33 bits per heavy atom. The fraction of sp³-hybridized carbons (Fsp3) is 1.00. The van der Waals surface area contributed by atoms with Gasteiger partial charge in [0, 0.05) is 13.1 Å². The monoisotopic (exact) mass is 129 g/mol. The van der Waals surface area contributed by atoms with E-state index in [2.05, 4.69) is 0 Å². The molecule has 0 aromatic heterocycles. The molecule has 0 atom stereocenters. The van der Waals surface area contributed by atoms with Gasteiger partial charge in [0.15, 0.2) is 0 Å². The van der Waals surface area contributed by atoms with Crippen LogP contribution in [0, 0.1) is 0 Å².